The average Bonchev–Trinajstić information content (AvgIpc) is 2.26. The van der Waals surface area contributed by atoms with Crippen molar-refractivity contribution in [2.45, 2.75) is 20.0 Å². The minimum Gasteiger partial charge on any atom is -0.462 e. The molecule has 0 amide bonds. The van der Waals surface area contributed by atoms with E-state index in [1.165, 1.54) is 6.34 Å². The molecule has 17 heavy (non-hydrogen) atoms. The number of hydrogen-bond acceptors (Lipinski definition) is 3. The number of aliphatic imine (C=N–C) groups is 1. The van der Waals surface area contributed by atoms with Crippen molar-refractivity contribution in [3.63, 3.8) is 0 Å². The fraction of sp³-hybridized carbons (Fsp3) is 0.273. The number of hydrazone groups is 1. The molecule has 1 aromatic carbocycles. The van der Waals surface area contributed by atoms with Crippen molar-refractivity contribution in [3.05, 3.63) is 29.3 Å². The summed E-state index contributed by atoms with van der Waals surface area (Å²) in [4.78, 5) is 3.79. The maximum absolute atomic E-state index is 5.74. The lowest BCUT2D eigenvalue weighted by Gasteiger charge is -2.06. The number of nitrogens with two attached hydrogens (primary N) is 1. The van der Waals surface area contributed by atoms with Crippen molar-refractivity contribution >= 4 is 29.6 Å². The third-order valence-electron chi connectivity index (χ3n) is 1.64. The van der Waals surface area contributed by atoms with Gasteiger partial charge in [0.2, 0.25) is 0 Å². The van der Waals surface area contributed by atoms with Gasteiger partial charge in [0.15, 0.2) is 0 Å². The minimum absolute atomic E-state index is 0.00336. The number of rotatable bonds is 4. The highest BCUT2D eigenvalue weighted by Gasteiger charge is 1.94. The van der Waals surface area contributed by atoms with Crippen LogP contribution in [0.25, 0.3) is 0 Å². The molecule has 1 aromatic rings. The molecular formula is C11H15ClN4O. The van der Waals surface area contributed by atoms with Crippen molar-refractivity contribution in [1.29, 1.82) is 0 Å². The van der Waals surface area contributed by atoms with Gasteiger partial charge in [-0.3, -0.25) is 5.43 Å². The molecule has 0 saturated heterocycles. The fourth-order valence-corrected chi connectivity index (χ4v) is 1.11. The maximum atomic E-state index is 5.74. The second-order valence-electron chi connectivity index (χ2n) is 3.50. The van der Waals surface area contributed by atoms with Gasteiger partial charge in [-0.2, -0.15) is 10.1 Å². The van der Waals surface area contributed by atoms with Gasteiger partial charge in [0.1, 0.15) is 6.34 Å². The van der Waals surface area contributed by atoms with E-state index in [2.05, 4.69) is 15.5 Å². The molecule has 3 N–H and O–H groups in total. The number of nitrogens with one attached hydrogen (secondary N) is 1. The second-order valence-corrected chi connectivity index (χ2v) is 3.93. The Morgan fingerprint density at radius 2 is 2.06 bits per heavy atom. The Balaban J connectivity index is 2.42. The van der Waals surface area contributed by atoms with Gasteiger partial charge >= 0.3 is 0 Å². The van der Waals surface area contributed by atoms with Crippen molar-refractivity contribution < 1.29 is 4.74 Å². The van der Waals surface area contributed by atoms with Gasteiger partial charge in [-0.05, 0) is 38.1 Å². The van der Waals surface area contributed by atoms with Crippen LogP contribution in [0.4, 0.5) is 5.69 Å². The second kappa shape index (κ2) is 6.75. The van der Waals surface area contributed by atoms with E-state index in [9.17, 15) is 0 Å². The predicted octanol–water partition coefficient (Wildman–Crippen LogP) is 2.43. The molecular weight excluding hydrogens is 240 g/mol. The Labute approximate surface area is 105 Å². The van der Waals surface area contributed by atoms with Crippen LogP contribution in [-0.2, 0) is 4.74 Å². The summed E-state index contributed by atoms with van der Waals surface area (Å²) in [7, 11) is 0. The number of nitrogens with zero attached hydrogens (tertiary/aromatic N) is 2. The van der Waals surface area contributed by atoms with Crippen LogP contribution in [0.5, 0.6) is 0 Å². The van der Waals surface area contributed by atoms with Crippen LogP contribution in [0, 0.1) is 0 Å². The lowest BCUT2D eigenvalue weighted by molar-refractivity contribution is 0.225. The topological polar surface area (TPSA) is 72.0 Å². The van der Waals surface area contributed by atoms with Crippen LogP contribution >= 0.6 is 11.6 Å². The molecule has 0 aromatic heterocycles. The Bertz CT molecular complexity index is 400. The number of ether oxygens (including phenoxy) is 1. The van der Waals surface area contributed by atoms with E-state index in [1.54, 1.807) is 24.3 Å². The van der Waals surface area contributed by atoms with Gasteiger partial charge < -0.3 is 10.5 Å². The predicted molar refractivity (Wildman–Crippen MR) is 71.4 cm³/mol. The lowest BCUT2D eigenvalue weighted by Crippen LogP contribution is -2.20. The summed E-state index contributed by atoms with van der Waals surface area (Å²) < 4.78 is 5.11. The first kappa shape index (κ1) is 13.3. The summed E-state index contributed by atoms with van der Waals surface area (Å²) in [6, 6.07) is 7.22. The van der Waals surface area contributed by atoms with E-state index in [0.29, 0.717) is 5.02 Å². The van der Waals surface area contributed by atoms with E-state index in [1.807, 2.05) is 13.8 Å². The zero-order valence-electron chi connectivity index (χ0n) is 9.72. The normalized spacial score (nSPS) is 12.1. The zero-order chi connectivity index (χ0) is 12.7. The zero-order valence-corrected chi connectivity index (χ0v) is 10.5. The fourth-order valence-electron chi connectivity index (χ4n) is 0.986. The molecule has 0 heterocycles. The van der Waals surface area contributed by atoms with Crippen LogP contribution in [0.15, 0.2) is 34.4 Å². The van der Waals surface area contributed by atoms with Crippen LogP contribution in [0.2, 0.25) is 5.02 Å². The summed E-state index contributed by atoms with van der Waals surface area (Å²) in [6.45, 7) is 3.73. The summed E-state index contributed by atoms with van der Waals surface area (Å²) >= 11 is 5.74. The molecule has 0 saturated carbocycles. The Morgan fingerprint density at radius 3 is 2.65 bits per heavy atom. The molecule has 0 bridgehead atoms. The largest absolute Gasteiger partial charge is 0.462 e. The maximum Gasteiger partial charge on any atom is 0.288 e. The molecule has 0 unspecified atom stereocenters. The van der Waals surface area contributed by atoms with Gasteiger partial charge in [-0.25, -0.2) is 0 Å². The summed E-state index contributed by atoms with van der Waals surface area (Å²) in [5, 5.41) is 4.53. The molecule has 0 fully saturated rings. The molecule has 0 aliphatic rings. The van der Waals surface area contributed by atoms with Crippen molar-refractivity contribution in [2.75, 3.05) is 5.43 Å². The van der Waals surface area contributed by atoms with E-state index in [0.717, 1.165) is 5.69 Å². The quantitative estimate of drug-likeness (QED) is 0.492. The molecule has 0 radical (unpaired) electrons. The standard InChI is InChI=1S/C11H15ClN4O/c1-8(2)17-11(13)14-7-15-16-10-5-3-9(12)4-6-10/h3-8,16H,1-2H3,(H2,13,14,15). The number of hydrogen-bond donors (Lipinski definition) is 2. The molecule has 5 nitrogen and oxygen atoms in total. The Kier molecular flexibility index (Phi) is 5.29. The summed E-state index contributed by atoms with van der Waals surface area (Å²) in [5.41, 5.74) is 9.05. The highest BCUT2D eigenvalue weighted by atomic mass is 35.5. The third-order valence-corrected chi connectivity index (χ3v) is 1.89. The van der Waals surface area contributed by atoms with Crippen LogP contribution in [0.1, 0.15) is 13.8 Å². The van der Waals surface area contributed by atoms with E-state index in [-0.39, 0.29) is 12.1 Å². The van der Waals surface area contributed by atoms with Crippen molar-refractivity contribution in [1.82, 2.24) is 0 Å². The number of halogens is 1. The average molecular weight is 255 g/mol. The van der Waals surface area contributed by atoms with Crippen molar-refractivity contribution in [2.24, 2.45) is 15.8 Å². The van der Waals surface area contributed by atoms with Gasteiger partial charge in [-0.15, -0.1) is 0 Å². The Morgan fingerprint density at radius 1 is 1.41 bits per heavy atom. The SMILES string of the molecule is CC(C)OC(N)=N/C=N/Nc1ccc(Cl)cc1. The molecule has 0 spiro atoms. The van der Waals surface area contributed by atoms with Crippen LogP contribution < -0.4 is 11.2 Å². The molecule has 6 heteroatoms. The Hall–Kier alpha value is -1.75. The van der Waals surface area contributed by atoms with Gasteiger partial charge in [0.05, 0.1) is 11.8 Å². The van der Waals surface area contributed by atoms with Gasteiger partial charge in [0.25, 0.3) is 6.02 Å². The smallest absolute Gasteiger partial charge is 0.288 e. The first-order valence-electron chi connectivity index (χ1n) is 5.11. The number of anilines is 1. The summed E-state index contributed by atoms with van der Waals surface area (Å²) in [5.74, 6) is 0. The number of amidine groups is 1. The molecule has 0 aliphatic carbocycles. The molecule has 0 aliphatic heterocycles. The van der Waals surface area contributed by atoms with E-state index < -0.39 is 0 Å². The van der Waals surface area contributed by atoms with E-state index >= 15 is 0 Å². The molecule has 1 rings (SSSR count). The number of benzene rings is 1. The van der Waals surface area contributed by atoms with Crippen molar-refractivity contribution in [3.8, 4) is 0 Å². The first-order valence-corrected chi connectivity index (χ1v) is 5.49. The molecule has 0 atom stereocenters. The van der Waals surface area contributed by atoms with Crippen LogP contribution in [0.3, 0.4) is 0 Å². The first-order chi connectivity index (χ1) is 8.08. The third kappa shape index (κ3) is 5.77. The molecule has 92 valence electrons. The lowest BCUT2D eigenvalue weighted by atomic mass is 10.3. The summed E-state index contributed by atoms with van der Waals surface area (Å²) in [6.07, 6.45) is 1.28. The minimum atomic E-state index is -0.00336. The van der Waals surface area contributed by atoms with Gasteiger partial charge in [-0.1, -0.05) is 11.6 Å². The van der Waals surface area contributed by atoms with E-state index in [4.69, 9.17) is 22.1 Å². The van der Waals surface area contributed by atoms with Crippen LogP contribution in [-0.4, -0.2) is 18.5 Å². The highest BCUT2D eigenvalue weighted by molar-refractivity contribution is 6.30. The monoisotopic (exact) mass is 254 g/mol. The highest BCUT2D eigenvalue weighted by Crippen LogP contribution is 2.12. The van der Waals surface area contributed by atoms with Gasteiger partial charge in [0, 0.05) is 5.02 Å².